The maximum Gasteiger partial charge on any atom is 0.104 e. The molecule has 1 N–H and O–H groups in total. The second kappa shape index (κ2) is 6.36. The van der Waals surface area contributed by atoms with E-state index in [0.29, 0.717) is 11.8 Å². The van der Waals surface area contributed by atoms with E-state index in [1.54, 1.807) is 0 Å². The highest BCUT2D eigenvalue weighted by Crippen LogP contribution is 2.38. The van der Waals surface area contributed by atoms with E-state index in [1.807, 2.05) is 0 Å². The van der Waals surface area contributed by atoms with Gasteiger partial charge in [-0.2, -0.15) is 0 Å². The third-order valence-electron chi connectivity index (χ3n) is 4.23. The van der Waals surface area contributed by atoms with Crippen LogP contribution in [0.5, 0.6) is 0 Å². The number of aliphatic imine (C=N–C) groups is 1. The van der Waals surface area contributed by atoms with Gasteiger partial charge < -0.3 is 5.32 Å². The van der Waals surface area contributed by atoms with E-state index in [9.17, 15) is 0 Å². The van der Waals surface area contributed by atoms with Crippen molar-refractivity contribution in [3.8, 4) is 0 Å². The molecule has 3 rings (SSSR count). The summed E-state index contributed by atoms with van der Waals surface area (Å²) in [6, 6.07) is 4.31. The molecule has 1 aliphatic heterocycles. The normalized spacial score (nSPS) is 21.0. The van der Waals surface area contributed by atoms with Crippen LogP contribution in [0.25, 0.3) is 0 Å². The number of fused-ring (bicyclic) bond motifs is 1. The van der Waals surface area contributed by atoms with E-state index < -0.39 is 0 Å². The summed E-state index contributed by atoms with van der Waals surface area (Å²) < 4.78 is 0. The van der Waals surface area contributed by atoms with Crippen molar-refractivity contribution in [2.75, 3.05) is 13.1 Å². The summed E-state index contributed by atoms with van der Waals surface area (Å²) >= 11 is 6.34. The van der Waals surface area contributed by atoms with Crippen molar-refractivity contribution in [2.24, 2.45) is 4.99 Å². The number of nitrogens with zero attached hydrogens (tertiary/aromatic N) is 1. The molecule has 0 saturated carbocycles. The summed E-state index contributed by atoms with van der Waals surface area (Å²) in [4.78, 5) is 4.62. The van der Waals surface area contributed by atoms with Gasteiger partial charge in [-0.05, 0) is 54.0 Å². The van der Waals surface area contributed by atoms with Gasteiger partial charge in [-0.3, -0.25) is 4.99 Å². The van der Waals surface area contributed by atoms with Crippen LogP contribution in [0.2, 0.25) is 5.02 Å². The molecule has 110 valence electrons. The SMILES string of the molecule is CC(C)c1cc(Cl)cc2c1CCCC2C1=NCCN1.Cl. The molecular formula is C16H22Cl2N2. The fourth-order valence-corrected chi connectivity index (χ4v) is 3.60. The summed E-state index contributed by atoms with van der Waals surface area (Å²) in [5, 5.41) is 4.31. The van der Waals surface area contributed by atoms with Crippen LogP contribution >= 0.6 is 24.0 Å². The van der Waals surface area contributed by atoms with Gasteiger partial charge in [-0.15, -0.1) is 12.4 Å². The van der Waals surface area contributed by atoms with Crippen LogP contribution in [0.3, 0.4) is 0 Å². The predicted octanol–water partition coefficient (Wildman–Crippen LogP) is 4.31. The molecule has 0 saturated heterocycles. The molecule has 2 aliphatic rings. The molecule has 2 nitrogen and oxygen atoms in total. The summed E-state index contributed by atoms with van der Waals surface area (Å²) in [7, 11) is 0. The molecule has 1 atom stereocenters. The van der Waals surface area contributed by atoms with Crippen molar-refractivity contribution >= 4 is 29.8 Å². The second-order valence-electron chi connectivity index (χ2n) is 5.86. The van der Waals surface area contributed by atoms with E-state index in [2.05, 4.69) is 36.3 Å². The van der Waals surface area contributed by atoms with Gasteiger partial charge in [0.1, 0.15) is 5.84 Å². The Labute approximate surface area is 132 Å². The third-order valence-corrected chi connectivity index (χ3v) is 4.45. The van der Waals surface area contributed by atoms with E-state index >= 15 is 0 Å². The fourth-order valence-electron chi connectivity index (χ4n) is 3.37. The number of nitrogens with one attached hydrogen (secondary N) is 1. The molecule has 1 aromatic rings. The Kier molecular flexibility index (Phi) is 4.98. The van der Waals surface area contributed by atoms with Gasteiger partial charge in [0.2, 0.25) is 0 Å². The first-order valence-corrected chi connectivity index (χ1v) is 7.65. The van der Waals surface area contributed by atoms with Gasteiger partial charge in [0.25, 0.3) is 0 Å². The van der Waals surface area contributed by atoms with Crippen molar-refractivity contribution in [2.45, 2.75) is 44.9 Å². The van der Waals surface area contributed by atoms with Gasteiger partial charge in [0.15, 0.2) is 0 Å². The van der Waals surface area contributed by atoms with Gasteiger partial charge in [-0.25, -0.2) is 0 Å². The topological polar surface area (TPSA) is 24.4 Å². The minimum atomic E-state index is 0. The van der Waals surface area contributed by atoms with Gasteiger partial charge in [0, 0.05) is 17.5 Å². The Morgan fingerprint density at radius 2 is 2.15 bits per heavy atom. The Morgan fingerprint density at radius 3 is 2.80 bits per heavy atom. The van der Waals surface area contributed by atoms with Crippen LogP contribution in [0.4, 0.5) is 0 Å². The van der Waals surface area contributed by atoms with Crippen molar-refractivity contribution in [1.29, 1.82) is 0 Å². The molecule has 0 aromatic heterocycles. The van der Waals surface area contributed by atoms with E-state index in [4.69, 9.17) is 11.6 Å². The maximum atomic E-state index is 6.34. The van der Waals surface area contributed by atoms with Crippen LogP contribution in [-0.2, 0) is 6.42 Å². The van der Waals surface area contributed by atoms with Gasteiger partial charge in [0.05, 0.1) is 6.54 Å². The molecule has 0 spiro atoms. The molecule has 0 amide bonds. The lowest BCUT2D eigenvalue weighted by atomic mass is 9.78. The number of hydrogen-bond donors (Lipinski definition) is 1. The fraction of sp³-hybridized carbons (Fsp3) is 0.562. The van der Waals surface area contributed by atoms with Crippen molar-refractivity contribution in [3.05, 3.63) is 33.8 Å². The Bertz CT molecular complexity index is 523. The molecule has 0 fully saturated rings. The molecule has 20 heavy (non-hydrogen) atoms. The Hall–Kier alpha value is -0.730. The van der Waals surface area contributed by atoms with Crippen LogP contribution in [-0.4, -0.2) is 18.9 Å². The van der Waals surface area contributed by atoms with Crippen molar-refractivity contribution < 1.29 is 0 Å². The van der Waals surface area contributed by atoms with Crippen molar-refractivity contribution in [3.63, 3.8) is 0 Å². The lowest BCUT2D eigenvalue weighted by Crippen LogP contribution is -2.28. The molecule has 0 bridgehead atoms. The quantitative estimate of drug-likeness (QED) is 0.864. The lowest BCUT2D eigenvalue weighted by Gasteiger charge is -2.29. The molecule has 1 unspecified atom stereocenters. The summed E-state index contributed by atoms with van der Waals surface area (Å²) in [6.07, 6.45) is 3.63. The minimum Gasteiger partial charge on any atom is -0.371 e. The number of benzene rings is 1. The van der Waals surface area contributed by atoms with E-state index in [-0.39, 0.29) is 12.4 Å². The summed E-state index contributed by atoms with van der Waals surface area (Å²) in [5.41, 5.74) is 4.36. The molecule has 4 heteroatoms. The highest BCUT2D eigenvalue weighted by Gasteiger charge is 2.28. The number of hydrogen-bond acceptors (Lipinski definition) is 2. The molecule has 1 heterocycles. The van der Waals surface area contributed by atoms with Crippen LogP contribution < -0.4 is 5.32 Å². The zero-order valence-electron chi connectivity index (χ0n) is 12.1. The number of halogens is 2. The average Bonchev–Trinajstić information content (AvgIpc) is 2.90. The highest BCUT2D eigenvalue weighted by molar-refractivity contribution is 6.30. The zero-order valence-corrected chi connectivity index (χ0v) is 13.7. The van der Waals surface area contributed by atoms with Gasteiger partial charge in [-0.1, -0.05) is 25.4 Å². The van der Waals surface area contributed by atoms with E-state index in [0.717, 1.165) is 18.1 Å². The third kappa shape index (κ3) is 2.82. The first-order valence-electron chi connectivity index (χ1n) is 7.27. The molecule has 1 aromatic carbocycles. The summed E-state index contributed by atoms with van der Waals surface area (Å²) in [5.74, 6) is 2.14. The molecule has 0 radical (unpaired) electrons. The largest absolute Gasteiger partial charge is 0.371 e. The lowest BCUT2D eigenvalue weighted by molar-refractivity contribution is 0.631. The first-order chi connectivity index (χ1) is 9.16. The standard InChI is InChI=1S/C16H21ClN2.ClH/c1-10(2)14-8-11(17)9-15-12(14)4-3-5-13(15)16-18-6-7-19-16;/h8-10,13H,3-7H2,1-2H3,(H,18,19);1H. The number of amidine groups is 1. The maximum absolute atomic E-state index is 6.34. The van der Waals surface area contributed by atoms with Gasteiger partial charge >= 0.3 is 0 Å². The van der Waals surface area contributed by atoms with E-state index in [1.165, 1.54) is 41.8 Å². The predicted molar refractivity (Wildman–Crippen MR) is 88.8 cm³/mol. The zero-order chi connectivity index (χ0) is 13.4. The number of rotatable bonds is 2. The highest BCUT2D eigenvalue weighted by atomic mass is 35.5. The second-order valence-corrected chi connectivity index (χ2v) is 6.29. The molecular weight excluding hydrogens is 291 g/mol. The van der Waals surface area contributed by atoms with Crippen molar-refractivity contribution in [1.82, 2.24) is 5.32 Å². The van der Waals surface area contributed by atoms with Crippen LogP contribution in [0.1, 0.15) is 55.2 Å². The minimum absolute atomic E-state index is 0. The average molecular weight is 313 g/mol. The summed E-state index contributed by atoms with van der Waals surface area (Å²) in [6.45, 7) is 6.40. The van der Waals surface area contributed by atoms with Crippen LogP contribution in [0, 0.1) is 0 Å². The first kappa shape index (κ1) is 15.7. The monoisotopic (exact) mass is 312 g/mol. The smallest absolute Gasteiger partial charge is 0.104 e. The Morgan fingerprint density at radius 1 is 1.35 bits per heavy atom. The Balaban J connectivity index is 0.00000147. The van der Waals surface area contributed by atoms with Crippen LogP contribution in [0.15, 0.2) is 17.1 Å². The molecule has 1 aliphatic carbocycles.